The molecule has 0 fully saturated rings. The SMILES string of the molecule is COc1cc(/C=N\NC(=O)COc2cc(C)ccc2C)cc([N+](=O)[O-])c1O. The van der Waals surface area contributed by atoms with Gasteiger partial charge >= 0.3 is 5.69 Å². The molecule has 0 aromatic heterocycles. The first-order chi connectivity index (χ1) is 12.8. The number of nitro groups is 1. The van der Waals surface area contributed by atoms with Crippen molar-refractivity contribution in [1.82, 2.24) is 5.43 Å². The van der Waals surface area contributed by atoms with E-state index in [0.717, 1.165) is 17.2 Å². The van der Waals surface area contributed by atoms with Gasteiger partial charge in [0.1, 0.15) is 5.75 Å². The molecular formula is C18H19N3O6. The lowest BCUT2D eigenvalue weighted by Crippen LogP contribution is -2.24. The van der Waals surface area contributed by atoms with Crippen molar-refractivity contribution in [3.63, 3.8) is 0 Å². The monoisotopic (exact) mass is 373 g/mol. The van der Waals surface area contributed by atoms with Crippen molar-refractivity contribution in [2.45, 2.75) is 13.8 Å². The van der Waals surface area contributed by atoms with Gasteiger partial charge in [0.15, 0.2) is 12.4 Å². The highest BCUT2D eigenvalue weighted by molar-refractivity contribution is 5.85. The number of phenols is 1. The third-order valence-corrected chi connectivity index (χ3v) is 3.60. The van der Waals surface area contributed by atoms with E-state index in [-0.39, 0.29) is 17.9 Å². The van der Waals surface area contributed by atoms with Crippen LogP contribution < -0.4 is 14.9 Å². The first kappa shape index (κ1) is 19.7. The molecule has 0 aliphatic rings. The van der Waals surface area contributed by atoms with Crippen molar-refractivity contribution in [2.75, 3.05) is 13.7 Å². The van der Waals surface area contributed by atoms with Gasteiger partial charge in [-0.2, -0.15) is 5.10 Å². The maximum Gasteiger partial charge on any atom is 0.315 e. The fourth-order valence-corrected chi connectivity index (χ4v) is 2.20. The van der Waals surface area contributed by atoms with E-state index in [0.29, 0.717) is 5.75 Å². The molecule has 0 saturated carbocycles. The summed E-state index contributed by atoms with van der Waals surface area (Å²) < 4.78 is 10.3. The molecule has 1 amide bonds. The number of aryl methyl sites for hydroxylation is 2. The number of benzene rings is 2. The van der Waals surface area contributed by atoms with E-state index in [2.05, 4.69) is 10.5 Å². The van der Waals surface area contributed by atoms with Gasteiger partial charge in [-0.25, -0.2) is 5.43 Å². The van der Waals surface area contributed by atoms with E-state index >= 15 is 0 Å². The normalized spacial score (nSPS) is 10.6. The Kier molecular flexibility index (Phi) is 6.32. The molecule has 9 heteroatoms. The molecule has 2 N–H and O–H groups in total. The number of aromatic hydroxyl groups is 1. The third-order valence-electron chi connectivity index (χ3n) is 3.60. The molecular weight excluding hydrogens is 354 g/mol. The van der Waals surface area contributed by atoms with Crippen LogP contribution in [0.3, 0.4) is 0 Å². The van der Waals surface area contributed by atoms with E-state index in [1.807, 2.05) is 32.0 Å². The van der Waals surface area contributed by atoms with Crippen molar-refractivity contribution in [3.05, 3.63) is 57.1 Å². The van der Waals surface area contributed by atoms with Crippen LogP contribution in [-0.4, -0.2) is 35.9 Å². The number of ether oxygens (including phenoxy) is 2. The summed E-state index contributed by atoms with van der Waals surface area (Å²) in [6, 6.07) is 8.13. The summed E-state index contributed by atoms with van der Waals surface area (Å²) in [6.45, 7) is 3.55. The minimum Gasteiger partial charge on any atom is -0.500 e. The van der Waals surface area contributed by atoms with Crippen LogP contribution in [-0.2, 0) is 4.79 Å². The second-order valence-electron chi connectivity index (χ2n) is 5.70. The molecule has 0 heterocycles. The Morgan fingerprint density at radius 2 is 2.04 bits per heavy atom. The van der Waals surface area contributed by atoms with Gasteiger partial charge in [0.05, 0.1) is 18.2 Å². The van der Waals surface area contributed by atoms with E-state index in [1.54, 1.807) is 0 Å². The molecule has 142 valence electrons. The average molecular weight is 373 g/mol. The highest BCUT2D eigenvalue weighted by Gasteiger charge is 2.19. The maximum atomic E-state index is 11.8. The number of nitro benzene ring substituents is 1. The summed E-state index contributed by atoms with van der Waals surface area (Å²) in [4.78, 5) is 22.0. The number of amides is 1. The van der Waals surface area contributed by atoms with Gasteiger partial charge in [0.25, 0.3) is 5.91 Å². The zero-order valence-corrected chi connectivity index (χ0v) is 15.1. The smallest absolute Gasteiger partial charge is 0.315 e. The number of phenolic OH excluding ortho intramolecular Hbond substituents is 1. The number of hydrazone groups is 1. The number of carbonyl (C=O) groups is 1. The summed E-state index contributed by atoms with van der Waals surface area (Å²) in [5.41, 5.74) is 3.93. The maximum absolute atomic E-state index is 11.8. The van der Waals surface area contributed by atoms with Gasteiger partial charge in [-0.1, -0.05) is 12.1 Å². The largest absolute Gasteiger partial charge is 0.500 e. The number of hydrogen-bond acceptors (Lipinski definition) is 7. The Hall–Kier alpha value is -3.62. The van der Waals surface area contributed by atoms with E-state index < -0.39 is 22.3 Å². The van der Waals surface area contributed by atoms with Gasteiger partial charge in [-0.3, -0.25) is 14.9 Å². The molecule has 0 unspecified atom stereocenters. The number of carbonyl (C=O) groups excluding carboxylic acids is 1. The number of nitrogens with one attached hydrogen (secondary N) is 1. The summed E-state index contributed by atoms with van der Waals surface area (Å²) >= 11 is 0. The van der Waals surface area contributed by atoms with Crippen molar-refractivity contribution >= 4 is 17.8 Å². The molecule has 2 aromatic carbocycles. The second-order valence-corrected chi connectivity index (χ2v) is 5.70. The van der Waals surface area contributed by atoms with Crippen LogP contribution in [0, 0.1) is 24.0 Å². The van der Waals surface area contributed by atoms with Gasteiger partial charge < -0.3 is 14.6 Å². The topological polar surface area (TPSA) is 123 Å². The zero-order valence-electron chi connectivity index (χ0n) is 15.1. The first-order valence-electron chi connectivity index (χ1n) is 7.89. The van der Waals surface area contributed by atoms with Crippen LogP contribution in [0.25, 0.3) is 0 Å². The summed E-state index contributed by atoms with van der Waals surface area (Å²) in [7, 11) is 1.27. The Bertz CT molecular complexity index is 895. The predicted molar refractivity (Wildman–Crippen MR) is 98.5 cm³/mol. The first-order valence-corrected chi connectivity index (χ1v) is 7.89. The molecule has 0 bridgehead atoms. The number of nitrogens with zero attached hydrogens (tertiary/aromatic N) is 2. The minimum absolute atomic E-state index is 0.0739. The molecule has 0 atom stereocenters. The Balaban J connectivity index is 2.00. The van der Waals surface area contributed by atoms with Gasteiger partial charge in [-0.05, 0) is 37.1 Å². The quantitative estimate of drug-likeness (QED) is 0.436. The predicted octanol–water partition coefficient (Wildman–Crippen LogP) is 2.45. The fourth-order valence-electron chi connectivity index (χ4n) is 2.20. The molecule has 27 heavy (non-hydrogen) atoms. The highest BCUT2D eigenvalue weighted by Crippen LogP contribution is 2.36. The summed E-state index contributed by atoms with van der Waals surface area (Å²) in [6.07, 6.45) is 1.20. The Labute approximate surface area is 155 Å². The van der Waals surface area contributed by atoms with Crippen LogP contribution in [0.4, 0.5) is 5.69 Å². The third kappa shape index (κ3) is 5.18. The lowest BCUT2D eigenvalue weighted by atomic mass is 10.1. The standard InChI is InChI=1S/C18H19N3O6/c1-11-4-5-12(2)15(6-11)27-10-17(22)20-19-9-13-7-14(21(24)25)18(23)16(8-13)26-3/h4-9,23H,10H2,1-3H3,(H,20,22)/b19-9-. The van der Waals surface area contributed by atoms with Crippen LogP contribution in [0.5, 0.6) is 17.2 Å². The molecule has 9 nitrogen and oxygen atoms in total. The minimum atomic E-state index is -0.744. The zero-order chi connectivity index (χ0) is 20.0. The van der Waals surface area contributed by atoms with Gasteiger partial charge in [0, 0.05) is 11.6 Å². The summed E-state index contributed by atoms with van der Waals surface area (Å²) in [5, 5.41) is 24.4. The molecule has 0 spiro atoms. The Morgan fingerprint density at radius 1 is 1.30 bits per heavy atom. The van der Waals surface area contributed by atoms with E-state index in [1.165, 1.54) is 19.4 Å². The van der Waals surface area contributed by atoms with Crippen molar-refractivity contribution in [2.24, 2.45) is 5.10 Å². The molecule has 0 aliphatic heterocycles. The van der Waals surface area contributed by atoms with E-state index in [9.17, 15) is 20.0 Å². The van der Waals surface area contributed by atoms with Gasteiger partial charge in [-0.15, -0.1) is 0 Å². The average Bonchev–Trinajstić information content (AvgIpc) is 2.63. The van der Waals surface area contributed by atoms with Crippen LogP contribution in [0.1, 0.15) is 16.7 Å². The molecule has 0 radical (unpaired) electrons. The van der Waals surface area contributed by atoms with Crippen LogP contribution in [0.2, 0.25) is 0 Å². The van der Waals surface area contributed by atoms with E-state index in [4.69, 9.17) is 9.47 Å². The summed E-state index contributed by atoms with van der Waals surface area (Å²) in [5.74, 6) is -0.540. The van der Waals surface area contributed by atoms with Crippen LogP contribution >= 0.6 is 0 Å². The van der Waals surface area contributed by atoms with Crippen molar-refractivity contribution in [1.29, 1.82) is 0 Å². The van der Waals surface area contributed by atoms with Crippen molar-refractivity contribution in [3.8, 4) is 17.2 Å². The fraction of sp³-hybridized carbons (Fsp3) is 0.222. The molecule has 2 aromatic rings. The number of hydrogen-bond donors (Lipinski definition) is 2. The second kappa shape index (κ2) is 8.65. The number of rotatable bonds is 7. The lowest BCUT2D eigenvalue weighted by Gasteiger charge is -2.09. The van der Waals surface area contributed by atoms with Crippen molar-refractivity contribution < 1.29 is 24.3 Å². The molecule has 2 rings (SSSR count). The van der Waals surface area contributed by atoms with Crippen LogP contribution in [0.15, 0.2) is 35.4 Å². The molecule has 0 aliphatic carbocycles. The number of methoxy groups -OCH3 is 1. The molecule has 0 saturated heterocycles. The van der Waals surface area contributed by atoms with Gasteiger partial charge in [0.2, 0.25) is 5.75 Å². The highest BCUT2D eigenvalue weighted by atomic mass is 16.6. The lowest BCUT2D eigenvalue weighted by molar-refractivity contribution is -0.386. The Morgan fingerprint density at radius 3 is 2.70 bits per heavy atom.